The summed E-state index contributed by atoms with van der Waals surface area (Å²) >= 11 is 5.90. The minimum atomic E-state index is -3.81. The largest absolute Gasteiger partial charge is 0.481 e. The van der Waals surface area contributed by atoms with Gasteiger partial charge in [0.25, 0.3) is 0 Å². The van der Waals surface area contributed by atoms with Crippen molar-refractivity contribution in [2.45, 2.75) is 43.2 Å². The van der Waals surface area contributed by atoms with E-state index in [9.17, 15) is 18.3 Å². The number of carboxylic acids is 1. The van der Waals surface area contributed by atoms with Gasteiger partial charge >= 0.3 is 5.97 Å². The summed E-state index contributed by atoms with van der Waals surface area (Å²) < 4.78 is 29.4. The number of hydrogen-bond acceptors (Lipinski definition) is 4. The summed E-state index contributed by atoms with van der Waals surface area (Å²) in [5.74, 6) is -1.55. The van der Waals surface area contributed by atoms with Crippen LogP contribution in [0.5, 0.6) is 0 Å². The van der Waals surface area contributed by atoms with Crippen LogP contribution in [0.3, 0.4) is 0 Å². The predicted molar refractivity (Wildman–Crippen MR) is 94.9 cm³/mol. The average Bonchev–Trinajstić information content (AvgIpc) is 3.28. The first-order valence-corrected chi connectivity index (χ1v) is 10.2. The lowest BCUT2D eigenvalue weighted by atomic mass is 9.89. The van der Waals surface area contributed by atoms with Crippen molar-refractivity contribution >= 4 is 27.6 Å². The Morgan fingerprint density at radius 2 is 1.96 bits per heavy atom. The molecular weight excluding hydrogens is 378 g/mol. The van der Waals surface area contributed by atoms with Gasteiger partial charge in [-0.3, -0.25) is 4.79 Å². The molecule has 3 atom stereocenters. The van der Waals surface area contributed by atoms with Gasteiger partial charge in [-0.05, 0) is 50.5 Å². The van der Waals surface area contributed by atoms with Crippen LogP contribution in [-0.2, 0) is 14.8 Å². The Morgan fingerprint density at radius 1 is 1.27 bits per heavy atom. The third-order valence-electron chi connectivity index (χ3n) is 5.38. The SMILES string of the molecule is Cc1c(S(=O)(=O)N2C3CCC2C(C(=O)O)C3)cnn1-c1ccc(Cl)cc1. The molecule has 2 bridgehead atoms. The van der Waals surface area contributed by atoms with Crippen LogP contribution >= 0.6 is 11.6 Å². The maximum atomic E-state index is 13.2. The van der Waals surface area contributed by atoms with Gasteiger partial charge in [-0.2, -0.15) is 9.40 Å². The smallest absolute Gasteiger partial charge is 0.308 e. The Balaban J connectivity index is 1.72. The molecule has 0 radical (unpaired) electrons. The molecule has 3 unspecified atom stereocenters. The number of nitrogens with zero attached hydrogens (tertiary/aromatic N) is 3. The van der Waals surface area contributed by atoms with Crippen molar-refractivity contribution in [2.75, 3.05) is 0 Å². The zero-order valence-electron chi connectivity index (χ0n) is 14.0. The molecule has 2 aromatic rings. The molecule has 3 heterocycles. The zero-order chi connectivity index (χ0) is 18.6. The number of sulfonamides is 1. The van der Waals surface area contributed by atoms with E-state index >= 15 is 0 Å². The van der Waals surface area contributed by atoms with E-state index < -0.39 is 28.0 Å². The standard InChI is InChI=1S/C17H18ClN3O4S/c1-10-16(9-19-20(10)12-4-2-11(18)3-5-12)26(24,25)21-13-6-7-15(21)14(8-13)17(22)23/h2-5,9,13-15H,6-8H2,1H3,(H,22,23). The summed E-state index contributed by atoms with van der Waals surface area (Å²) in [6.45, 7) is 1.70. The number of aromatic nitrogens is 2. The van der Waals surface area contributed by atoms with Gasteiger partial charge in [0.05, 0.1) is 23.5 Å². The van der Waals surface area contributed by atoms with E-state index in [2.05, 4.69) is 5.10 Å². The highest BCUT2D eigenvalue weighted by molar-refractivity contribution is 7.89. The third-order valence-corrected chi connectivity index (χ3v) is 7.71. The van der Waals surface area contributed by atoms with Crippen molar-refractivity contribution in [1.29, 1.82) is 0 Å². The van der Waals surface area contributed by atoms with Crippen LogP contribution in [-0.4, -0.2) is 45.7 Å². The van der Waals surface area contributed by atoms with Crippen molar-refractivity contribution in [2.24, 2.45) is 5.92 Å². The van der Waals surface area contributed by atoms with Crippen LogP contribution in [0.2, 0.25) is 5.02 Å². The molecule has 2 aliphatic heterocycles. The highest BCUT2D eigenvalue weighted by Crippen LogP contribution is 2.45. The summed E-state index contributed by atoms with van der Waals surface area (Å²) in [6, 6.07) is 6.23. The summed E-state index contributed by atoms with van der Waals surface area (Å²) in [6.07, 6.45) is 3.01. The van der Waals surface area contributed by atoms with Gasteiger partial charge in [-0.25, -0.2) is 13.1 Å². The molecule has 4 rings (SSSR count). The van der Waals surface area contributed by atoms with Gasteiger partial charge in [0.15, 0.2) is 0 Å². The van der Waals surface area contributed by atoms with E-state index in [0.29, 0.717) is 35.7 Å². The highest BCUT2D eigenvalue weighted by Gasteiger charge is 2.54. The second kappa shape index (κ2) is 6.07. The van der Waals surface area contributed by atoms with Gasteiger partial charge in [0.2, 0.25) is 10.0 Å². The number of carboxylic acid groups (broad SMARTS) is 1. The Morgan fingerprint density at radius 3 is 2.58 bits per heavy atom. The fourth-order valence-electron chi connectivity index (χ4n) is 4.18. The molecule has 1 N–H and O–H groups in total. The molecule has 0 aliphatic carbocycles. The van der Waals surface area contributed by atoms with E-state index in [1.807, 2.05) is 0 Å². The summed E-state index contributed by atoms with van der Waals surface area (Å²) in [4.78, 5) is 11.6. The molecule has 1 aromatic heterocycles. The Labute approximate surface area is 156 Å². The second-order valence-electron chi connectivity index (χ2n) is 6.80. The number of rotatable bonds is 4. The molecule has 26 heavy (non-hydrogen) atoms. The first-order valence-electron chi connectivity index (χ1n) is 8.37. The highest BCUT2D eigenvalue weighted by atomic mass is 35.5. The number of carbonyl (C=O) groups is 1. The van der Waals surface area contributed by atoms with Crippen molar-refractivity contribution < 1.29 is 18.3 Å². The van der Waals surface area contributed by atoms with Gasteiger partial charge in [0.1, 0.15) is 4.90 Å². The van der Waals surface area contributed by atoms with Gasteiger partial charge in [-0.15, -0.1) is 0 Å². The minimum Gasteiger partial charge on any atom is -0.481 e. The molecule has 1 aromatic carbocycles. The number of aliphatic carboxylic acids is 1. The van der Waals surface area contributed by atoms with Crippen LogP contribution in [0, 0.1) is 12.8 Å². The molecule has 9 heteroatoms. The van der Waals surface area contributed by atoms with Crippen LogP contribution in [0.15, 0.2) is 35.4 Å². The number of benzene rings is 1. The zero-order valence-corrected chi connectivity index (χ0v) is 15.6. The Kier molecular flexibility index (Phi) is 4.09. The summed E-state index contributed by atoms with van der Waals surface area (Å²) in [5.41, 5.74) is 1.20. The lowest BCUT2D eigenvalue weighted by Gasteiger charge is -2.22. The fraction of sp³-hybridized carbons (Fsp3) is 0.412. The van der Waals surface area contributed by atoms with E-state index in [4.69, 9.17) is 11.6 Å². The van der Waals surface area contributed by atoms with E-state index in [-0.39, 0.29) is 10.9 Å². The fourth-order valence-corrected chi connectivity index (χ4v) is 6.37. The van der Waals surface area contributed by atoms with E-state index in [1.54, 1.807) is 35.9 Å². The quantitative estimate of drug-likeness (QED) is 0.858. The summed E-state index contributed by atoms with van der Waals surface area (Å²) in [7, 11) is -3.81. The summed E-state index contributed by atoms with van der Waals surface area (Å²) in [5, 5.41) is 14.2. The first kappa shape index (κ1) is 17.5. The van der Waals surface area contributed by atoms with Gasteiger partial charge < -0.3 is 5.11 Å². The molecule has 138 valence electrons. The second-order valence-corrected chi connectivity index (χ2v) is 9.04. The van der Waals surface area contributed by atoms with Crippen molar-refractivity contribution in [3.05, 3.63) is 41.2 Å². The maximum Gasteiger partial charge on any atom is 0.308 e. The molecule has 0 saturated carbocycles. The monoisotopic (exact) mass is 395 g/mol. The van der Waals surface area contributed by atoms with Crippen LogP contribution < -0.4 is 0 Å². The lowest BCUT2D eigenvalue weighted by molar-refractivity contribution is -0.142. The molecule has 2 fully saturated rings. The van der Waals surface area contributed by atoms with Gasteiger partial charge in [0, 0.05) is 17.1 Å². The molecule has 0 spiro atoms. The number of halogens is 1. The normalized spacial score (nSPS) is 25.7. The number of hydrogen-bond donors (Lipinski definition) is 1. The number of fused-ring (bicyclic) bond motifs is 2. The van der Waals surface area contributed by atoms with Crippen LogP contribution in [0.4, 0.5) is 0 Å². The molecule has 0 amide bonds. The van der Waals surface area contributed by atoms with Crippen molar-refractivity contribution in [3.63, 3.8) is 0 Å². The Bertz CT molecular complexity index is 970. The molecule has 2 saturated heterocycles. The van der Waals surface area contributed by atoms with Crippen molar-refractivity contribution in [3.8, 4) is 5.69 Å². The Hall–Kier alpha value is -1.90. The third kappa shape index (κ3) is 2.55. The van der Waals surface area contributed by atoms with Crippen molar-refractivity contribution in [1.82, 2.24) is 14.1 Å². The average molecular weight is 396 g/mol. The lowest BCUT2D eigenvalue weighted by Crippen LogP contribution is -2.38. The van der Waals surface area contributed by atoms with Crippen LogP contribution in [0.25, 0.3) is 5.69 Å². The van der Waals surface area contributed by atoms with E-state index in [0.717, 1.165) is 0 Å². The molecule has 2 aliphatic rings. The topological polar surface area (TPSA) is 92.5 Å². The molecule has 7 nitrogen and oxygen atoms in total. The van der Waals surface area contributed by atoms with Gasteiger partial charge in [-0.1, -0.05) is 11.6 Å². The minimum absolute atomic E-state index is 0.121. The predicted octanol–water partition coefficient (Wildman–Crippen LogP) is 2.46. The van der Waals surface area contributed by atoms with Crippen LogP contribution in [0.1, 0.15) is 25.0 Å². The van der Waals surface area contributed by atoms with E-state index in [1.165, 1.54) is 10.5 Å². The maximum absolute atomic E-state index is 13.2. The molecular formula is C17H18ClN3O4S. The first-order chi connectivity index (χ1) is 12.3.